The van der Waals surface area contributed by atoms with E-state index >= 15 is 0 Å². The summed E-state index contributed by atoms with van der Waals surface area (Å²) in [6.07, 6.45) is 1.35. The Balaban J connectivity index is 0.994. The fourth-order valence-corrected chi connectivity index (χ4v) is 12.3. The molecule has 2 fully saturated rings. The van der Waals surface area contributed by atoms with E-state index in [0.717, 1.165) is 0 Å². The largest absolute Gasteiger partial charge is 0.481 e. The van der Waals surface area contributed by atoms with Gasteiger partial charge in [-0.05, 0) is 38.5 Å². The standard InChI is InChI=1S/C23H32F2N10O15P4/c24-23(25,52(40,41)49-51(38,39)10-47-14-4-2-12(6-14)35-8-29-16-18(35)31-22(27)33-20(16)37)53(42,43)50-54(44,45)48-9-46-13-3-1-11(5-13)34-7-28-15-17(34)30-21(26)32-19(15)36/h7-8,11-14H,1-6,9-10H2,(H,38,39)(H,40,41)(H,42,43)(H,44,45)(H3,26,30,32,36)(H3,27,31,33,37). The third-order valence-electron chi connectivity index (χ3n) is 8.53. The number of anilines is 2. The van der Waals surface area contributed by atoms with Gasteiger partial charge in [0.1, 0.15) is 6.35 Å². The number of aromatic amines is 2. The van der Waals surface area contributed by atoms with Crippen LogP contribution in [0.5, 0.6) is 0 Å². The van der Waals surface area contributed by atoms with Crippen molar-refractivity contribution < 1.29 is 69.2 Å². The van der Waals surface area contributed by atoms with Gasteiger partial charge in [0, 0.05) is 12.1 Å². The Kier molecular flexibility index (Phi) is 11.0. The van der Waals surface area contributed by atoms with Crippen LogP contribution in [0.15, 0.2) is 22.2 Å². The van der Waals surface area contributed by atoms with E-state index < -0.39 is 78.5 Å². The molecule has 54 heavy (non-hydrogen) atoms. The van der Waals surface area contributed by atoms with Crippen LogP contribution in [0.2, 0.25) is 0 Å². The summed E-state index contributed by atoms with van der Waals surface area (Å²) < 4.78 is 105. The molecule has 8 atom stereocenters. The van der Waals surface area contributed by atoms with Gasteiger partial charge in [0.2, 0.25) is 11.9 Å². The molecule has 0 amide bonds. The summed E-state index contributed by atoms with van der Waals surface area (Å²) in [5, 5.41) is -5.94. The van der Waals surface area contributed by atoms with Gasteiger partial charge in [0.15, 0.2) is 29.1 Å². The lowest BCUT2D eigenvalue weighted by Gasteiger charge is -2.27. The Labute approximate surface area is 299 Å². The van der Waals surface area contributed by atoms with E-state index in [2.05, 4.69) is 43.0 Å². The molecular weight excluding hydrogens is 818 g/mol. The lowest BCUT2D eigenvalue weighted by Crippen LogP contribution is -2.20. The maximum absolute atomic E-state index is 14.9. The molecule has 4 heterocycles. The van der Waals surface area contributed by atoms with Crippen LogP contribution < -0.4 is 22.6 Å². The van der Waals surface area contributed by atoms with E-state index in [1.165, 1.54) is 17.2 Å². The number of H-pyrrole nitrogens is 2. The Morgan fingerprint density at radius 2 is 1.24 bits per heavy atom. The summed E-state index contributed by atoms with van der Waals surface area (Å²) in [4.78, 5) is 84.5. The van der Waals surface area contributed by atoms with Crippen molar-refractivity contribution >= 4 is 64.8 Å². The zero-order valence-electron chi connectivity index (χ0n) is 27.3. The van der Waals surface area contributed by atoms with Crippen LogP contribution in [0.4, 0.5) is 20.7 Å². The number of nitrogens with one attached hydrogen (secondary N) is 2. The van der Waals surface area contributed by atoms with Crippen molar-refractivity contribution in [2.75, 3.05) is 24.6 Å². The normalized spacial score (nSPS) is 25.4. The van der Waals surface area contributed by atoms with Gasteiger partial charge in [0.05, 0.1) is 24.9 Å². The molecule has 2 aliphatic carbocycles. The lowest BCUT2D eigenvalue weighted by atomic mass is 10.2. The van der Waals surface area contributed by atoms with Crippen LogP contribution >= 0.6 is 30.6 Å². The highest BCUT2D eigenvalue weighted by molar-refractivity contribution is 7.78. The number of halogens is 2. The first kappa shape index (κ1) is 40.4. The Hall–Kier alpha value is -3.28. The monoisotopic (exact) mass is 850 g/mol. The molecule has 25 nitrogen and oxygen atoms in total. The number of alkyl halides is 2. The molecule has 4 aromatic rings. The van der Waals surface area contributed by atoms with Gasteiger partial charge in [0.25, 0.3) is 11.1 Å². The van der Waals surface area contributed by atoms with Gasteiger partial charge in [-0.15, -0.1) is 0 Å². The number of phosphoric acid groups is 1. The highest BCUT2D eigenvalue weighted by atomic mass is 31.3. The van der Waals surface area contributed by atoms with Crippen molar-refractivity contribution in [2.45, 2.75) is 68.2 Å². The summed E-state index contributed by atoms with van der Waals surface area (Å²) in [7, 11) is -25.5. The predicted octanol–water partition coefficient (Wildman–Crippen LogP) is 1.81. The molecule has 298 valence electrons. The number of nitrogens with two attached hydrogens (primary N) is 2. The van der Waals surface area contributed by atoms with Crippen molar-refractivity contribution in [3.05, 3.63) is 33.4 Å². The zero-order valence-corrected chi connectivity index (χ0v) is 30.9. The summed E-state index contributed by atoms with van der Waals surface area (Å²) in [5.41, 5.74) is 10.4. The predicted molar refractivity (Wildman–Crippen MR) is 178 cm³/mol. The summed E-state index contributed by atoms with van der Waals surface area (Å²) in [6, 6.07) is -0.748. The molecule has 8 unspecified atom stereocenters. The number of aromatic nitrogens is 8. The highest BCUT2D eigenvalue weighted by Gasteiger charge is 2.69. The molecule has 0 radical (unpaired) electrons. The van der Waals surface area contributed by atoms with Gasteiger partial charge in [-0.1, -0.05) is 0 Å². The highest BCUT2D eigenvalue weighted by Crippen LogP contribution is 2.81. The minimum atomic E-state index is -7.01. The Morgan fingerprint density at radius 1 is 0.778 bits per heavy atom. The van der Waals surface area contributed by atoms with Crippen molar-refractivity contribution in [2.24, 2.45) is 0 Å². The molecule has 2 aliphatic rings. The lowest BCUT2D eigenvalue weighted by molar-refractivity contribution is -0.0449. The second kappa shape index (κ2) is 14.7. The second-order valence-electron chi connectivity index (χ2n) is 12.3. The molecule has 6 rings (SSSR count). The van der Waals surface area contributed by atoms with Crippen LogP contribution in [-0.4, -0.2) is 89.4 Å². The minimum absolute atomic E-state index is 0.00599. The van der Waals surface area contributed by atoms with E-state index in [0.29, 0.717) is 19.3 Å². The quantitative estimate of drug-likeness (QED) is 0.0624. The van der Waals surface area contributed by atoms with Crippen molar-refractivity contribution in [3.8, 4) is 0 Å². The van der Waals surface area contributed by atoms with Gasteiger partial charge >= 0.3 is 36.0 Å². The molecule has 0 bridgehead atoms. The molecule has 10 N–H and O–H groups in total. The molecule has 31 heteroatoms. The SMILES string of the molecule is Nc1nc2c(ncn2C2CCC(OCOP(=O)(O)OP(=O)(O)C(F)(F)P(=O)(O)OP(=O)(O)COC3CCC(n4cnc5c(=O)[nH]c(N)nc54)C3)C2)c(=O)[nH]1. The fraction of sp³-hybridized carbons (Fsp3) is 0.565. The van der Waals surface area contributed by atoms with Crippen LogP contribution in [0.25, 0.3) is 22.3 Å². The van der Waals surface area contributed by atoms with Gasteiger partial charge in [-0.25, -0.2) is 23.2 Å². The topological polar surface area (TPSA) is 375 Å². The van der Waals surface area contributed by atoms with Crippen molar-refractivity contribution in [3.63, 3.8) is 0 Å². The van der Waals surface area contributed by atoms with Crippen LogP contribution in [0, 0.1) is 0 Å². The first-order valence-electron chi connectivity index (χ1n) is 15.5. The van der Waals surface area contributed by atoms with Gasteiger partial charge in [-0.2, -0.15) is 18.7 Å². The zero-order chi connectivity index (χ0) is 39.4. The van der Waals surface area contributed by atoms with Crippen molar-refractivity contribution in [1.82, 2.24) is 39.0 Å². The smallest absolute Gasteiger partial charge is 0.369 e. The molecule has 4 aromatic heterocycles. The van der Waals surface area contributed by atoms with E-state index in [1.54, 1.807) is 4.57 Å². The maximum Gasteiger partial charge on any atom is 0.481 e. The summed E-state index contributed by atoms with van der Waals surface area (Å²) >= 11 is 0. The van der Waals surface area contributed by atoms with Crippen molar-refractivity contribution in [1.29, 1.82) is 0 Å². The molecule has 0 aromatic carbocycles. The number of ether oxygens (including phenoxy) is 2. The molecule has 0 aliphatic heterocycles. The van der Waals surface area contributed by atoms with Crippen LogP contribution in [0.3, 0.4) is 0 Å². The second-order valence-corrected chi connectivity index (χ2v) is 19.8. The van der Waals surface area contributed by atoms with Gasteiger partial charge in [-0.3, -0.25) is 37.8 Å². The summed E-state index contributed by atoms with van der Waals surface area (Å²) in [6.45, 7) is -1.15. The maximum atomic E-state index is 14.9. The van der Waals surface area contributed by atoms with E-state index in [4.69, 9.17) is 20.9 Å². The molecule has 0 saturated heterocycles. The van der Waals surface area contributed by atoms with E-state index in [9.17, 15) is 56.2 Å². The third-order valence-corrected chi connectivity index (χ3v) is 15.9. The summed E-state index contributed by atoms with van der Waals surface area (Å²) in [5.74, 6) is -0.324. The fourth-order valence-electron chi connectivity index (χ4n) is 6.07. The molecule has 0 spiro atoms. The number of fused-ring (bicyclic) bond motifs is 2. The van der Waals surface area contributed by atoms with E-state index in [-0.39, 0.29) is 59.5 Å². The number of nitrogens with zero attached hydrogens (tertiary/aromatic N) is 6. The molecule has 2 saturated carbocycles. The number of phosphoric ester groups is 1. The van der Waals surface area contributed by atoms with Gasteiger partial charge < -0.3 is 49.6 Å². The number of hydrogen-bond acceptors (Lipinski definition) is 17. The first-order valence-corrected chi connectivity index (χ1v) is 21.9. The Morgan fingerprint density at radius 3 is 1.74 bits per heavy atom. The number of imidazole rings is 2. The average molecular weight is 850 g/mol. The number of hydrogen-bond donors (Lipinski definition) is 8. The third kappa shape index (κ3) is 8.28. The van der Waals surface area contributed by atoms with E-state index in [1.807, 2.05) is 0 Å². The number of nitrogen functional groups attached to an aromatic ring is 2. The molecular formula is C23H32F2N10O15P4. The Bertz CT molecular complexity index is 2390. The van der Waals surface area contributed by atoms with Crippen LogP contribution in [-0.2, 0) is 40.9 Å². The van der Waals surface area contributed by atoms with Crippen LogP contribution in [0.1, 0.15) is 50.6 Å². The minimum Gasteiger partial charge on any atom is -0.369 e. The average Bonchev–Trinajstić information content (AvgIpc) is 3.85. The number of rotatable bonds is 15. The first-order chi connectivity index (χ1) is 25.1.